The molecular weight excluding hydrogens is 338 g/mol. The fourth-order valence-corrected chi connectivity index (χ4v) is 4.75. The van der Waals surface area contributed by atoms with E-state index >= 15 is 0 Å². The van der Waals surface area contributed by atoms with Crippen molar-refractivity contribution >= 4 is 23.3 Å². The molecule has 1 aromatic rings. The molecule has 0 N–H and O–H groups in total. The van der Waals surface area contributed by atoms with Gasteiger partial charge in [0, 0.05) is 19.1 Å². The van der Waals surface area contributed by atoms with E-state index in [4.69, 9.17) is 4.74 Å². The number of hydrogen-bond donors (Lipinski definition) is 0. The van der Waals surface area contributed by atoms with Crippen LogP contribution in [0.15, 0.2) is 0 Å². The van der Waals surface area contributed by atoms with Crippen LogP contribution in [0.2, 0.25) is 0 Å². The lowest BCUT2D eigenvalue weighted by Gasteiger charge is -2.38. The molecule has 6 nitrogen and oxygen atoms in total. The molecule has 0 spiro atoms. The minimum atomic E-state index is -0.190. The zero-order valence-corrected chi connectivity index (χ0v) is 16.3. The van der Waals surface area contributed by atoms with Gasteiger partial charge in [0.2, 0.25) is 0 Å². The lowest BCUT2D eigenvalue weighted by Crippen LogP contribution is -2.50. The summed E-state index contributed by atoms with van der Waals surface area (Å²) >= 11 is 1.46. The molecule has 2 aliphatic heterocycles. The molecule has 2 aliphatic rings. The topological polar surface area (TPSA) is 62.7 Å². The van der Waals surface area contributed by atoms with Gasteiger partial charge < -0.3 is 9.64 Å². The summed E-state index contributed by atoms with van der Waals surface area (Å²) < 4.78 is 5.29. The molecule has 0 bridgehead atoms. The molecule has 2 fully saturated rings. The molecule has 2 amide bonds. The Morgan fingerprint density at radius 1 is 1.32 bits per heavy atom. The second-order valence-corrected chi connectivity index (χ2v) is 8.64. The van der Waals surface area contributed by atoms with Crippen molar-refractivity contribution in [2.75, 3.05) is 19.7 Å². The van der Waals surface area contributed by atoms with E-state index in [1.54, 1.807) is 0 Å². The van der Waals surface area contributed by atoms with Crippen LogP contribution in [0.3, 0.4) is 0 Å². The second-order valence-electron chi connectivity index (χ2n) is 7.44. The Morgan fingerprint density at radius 2 is 2.00 bits per heavy atom. The van der Waals surface area contributed by atoms with Crippen LogP contribution in [0, 0.1) is 19.8 Å². The van der Waals surface area contributed by atoms with E-state index in [0.29, 0.717) is 25.6 Å². The number of aromatic nitrogens is 1. The maximum Gasteiger partial charge on any atom is 0.410 e. The summed E-state index contributed by atoms with van der Waals surface area (Å²) in [5.74, 6) is 0.602. The standard InChI is InChI=1S/C18H27N3O3S/c1-11(2)9-15-10-24-18(23)21(15)14-5-7-20(8-6-14)17(22)16-12(3)19-13(4)25-16/h11,14-15H,5-10H2,1-4H3. The maximum atomic E-state index is 12.7. The van der Waals surface area contributed by atoms with E-state index in [-0.39, 0.29) is 24.1 Å². The SMILES string of the molecule is Cc1nc(C)c(C(=O)N2CCC(N3C(=O)OCC3CC(C)C)CC2)s1. The van der Waals surface area contributed by atoms with Crippen LogP contribution in [0.1, 0.15) is 53.5 Å². The minimum Gasteiger partial charge on any atom is -0.447 e. The average molecular weight is 365 g/mol. The molecule has 3 heterocycles. The van der Waals surface area contributed by atoms with Gasteiger partial charge in [-0.3, -0.25) is 9.69 Å². The zero-order valence-electron chi connectivity index (χ0n) is 15.4. The van der Waals surface area contributed by atoms with Crippen molar-refractivity contribution in [2.24, 2.45) is 5.92 Å². The number of likely N-dealkylation sites (tertiary alicyclic amines) is 1. The molecule has 0 saturated carbocycles. The molecule has 25 heavy (non-hydrogen) atoms. The van der Waals surface area contributed by atoms with Crippen molar-refractivity contribution in [3.8, 4) is 0 Å². The van der Waals surface area contributed by atoms with Gasteiger partial charge in [0.05, 0.1) is 16.7 Å². The van der Waals surface area contributed by atoms with Gasteiger partial charge in [-0.25, -0.2) is 9.78 Å². The Morgan fingerprint density at radius 3 is 2.56 bits per heavy atom. The number of rotatable bonds is 4. The van der Waals surface area contributed by atoms with Gasteiger partial charge in [-0.2, -0.15) is 0 Å². The number of aryl methyl sites for hydroxylation is 2. The Balaban J connectivity index is 1.62. The summed E-state index contributed by atoms with van der Waals surface area (Å²) in [4.78, 5) is 33.8. The number of piperidine rings is 1. The van der Waals surface area contributed by atoms with Crippen molar-refractivity contribution in [2.45, 2.75) is 59.0 Å². The number of hydrogen-bond acceptors (Lipinski definition) is 5. The van der Waals surface area contributed by atoms with Crippen LogP contribution in [0.25, 0.3) is 0 Å². The summed E-state index contributed by atoms with van der Waals surface area (Å²) in [6.45, 7) is 10.0. The Kier molecular flexibility index (Phi) is 5.32. The van der Waals surface area contributed by atoms with E-state index < -0.39 is 0 Å². The fourth-order valence-electron chi connectivity index (χ4n) is 3.86. The van der Waals surface area contributed by atoms with Gasteiger partial charge in [0.15, 0.2) is 0 Å². The van der Waals surface area contributed by atoms with E-state index in [1.165, 1.54) is 11.3 Å². The molecule has 1 atom stereocenters. The maximum absolute atomic E-state index is 12.7. The molecule has 2 saturated heterocycles. The highest BCUT2D eigenvalue weighted by Crippen LogP contribution is 2.28. The molecule has 1 aromatic heterocycles. The van der Waals surface area contributed by atoms with Crippen LogP contribution in [0.5, 0.6) is 0 Å². The Labute approximate surface area is 153 Å². The van der Waals surface area contributed by atoms with Crippen molar-refractivity contribution in [1.82, 2.24) is 14.8 Å². The summed E-state index contributed by atoms with van der Waals surface area (Å²) in [6.07, 6.45) is 2.40. The molecular formula is C18H27N3O3S. The highest BCUT2D eigenvalue weighted by Gasteiger charge is 2.40. The Bertz CT molecular complexity index is 650. The normalized spacial score (nSPS) is 22.0. The van der Waals surface area contributed by atoms with Crippen LogP contribution in [-0.4, -0.2) is 58.6 Å². The molecule has 1 unspecified atom stereocenters. The second kappa shape index (κ2) is 7.32. The molecule has 0 aromatic carbocycles. The van der Waals surface area contributed by atoms with Gasteiger partial charge in [0.25, 0.3) is 5.91 Å². The number of carbonyl (C=O) groups excluding carboxylic acids is 2. The third kappa shape index (κ3) is 3.81. The number of nitrogens with zero attached hydrogens (tertiary/aromatic N) is 3. The van der Waals surface area contributed by atoms with Gasteiger partial charge in [-0.05, 0) is 39.0 Å². The third-order valence-electron chi connectivity index (χ3n) is 4.99. The van der Waals surface area contributed by atoms with Gasteiger partial charge in [0.1, 0.15) is 11.5 Å². The first kappa shape index (κ1) is 18.2. The lowest BCUT2D eigenvalue weighted by molar-refractivity contribution is 0.0634. The monoisotopic (exact) mass is 365 g/mol. The predicted octanol–water partition coefficient (Wildman–Crippen LogP) is 3.23. The summed E-state index contributed by atoms with van der Waals surface area (Å²) in [5.41, 5.74) is 0.815. The van der Waals surface area contributed by atoms with Crippen LogP contribution >= 0.6 is 11.3 Å². The number of carbonyl (C=O) groups is 2. The number of amides is 2. The first-order chi connectivity index (χ1) is 11.9. The fraction of sp³-hybridized carbons (Fsp3) is 0.722. The summed E-state index contributed by atoms with van der Waals surface area (Å²) in [6, 6.07) is 0.346. The van der Waals surface area contributed by atoms with E-state index in [2.05, 4.69) is 18.8 Å². The number of cyclic esters (lactones) is 1. The number of ether oxygens (including phenoxy) is 1. The van der Waals surface area contributed by atoms with Crippen molar-refractivity contribution in [3.05, 3.63) is 15.6 Å². The van der Waals surface area contributed by atoms with Crippen molar-refractivity contribution in [3.63, 3.8) is 0 Å². The summed E-state index contributed by atoms with van der Waals surface area (Å²) in [5, 5.41) is 0.923. The quantitative estimate of drug-likeness (QED) is 0.822. The molecule has 138 valence electrons. The minimum absolute atomic E-state index is 0.0734. The predicted molar refractivity (Wildman–Crippen MR) is 96.9 cm³/mol. The highest BCUT2D eigenvalue weighted by molar-refractivity contribution is 7.13. The average Bonchev–Trinajstić information content (AvgIpc) is 3.08. The Hall–Kier alpha value is -1.63. The first-order valence-electron chi connectivity index (χ1n) is 9.05. The van der Waals surface area contributed by atoms with Gasteiger partial charge in [-0.1, -0.05) is 13.8 Å². The highest BCUT2D eigenvalue weighted by atomic mass is 32.1. The molecule has 7 heteroatoms. The number of thiazole rings is 1. The van der Waals surface area contributed by atoms with Crippen molar-refractivity contribution < 1.29 is 14.3 Å². The molecule has 0 aliphatic carbocycles. The van der Waals surface area contributed by atoms with E-state index in [0.717, 1.165) is 34.8 Å². The van der Waals surface area contributed by atoms with Gasteiger partial charge in [-0.15, -0.1) is 11.3 Å². The molecule has 3 rings (SSSR count). The van der Waals surface area contributed by atoms with Crippen LogP contribution < -0.4 is 0 Å². The first-order valence-corrected chi connectivity index (χ1v) is 9.87. The smallest absolute Gasteiger partial charge is 0.410 e. The van der Waals surface area contributed by atoms with Crippen LogP contribution in [0.4, 0.5) is 4.79 Å². The van der Waals surface area contributed by atoms with E-state index in [9.17, 15) is 9.59 Å². The van der Waals surface area contributed by atoms with E-state index in [1.807, 2.05) is 23.6 Å². The lowest BCUT2D eigenvalue weighted by atomic mass is 9.98. The largest absolute Gasteiger partial charge is 0.447 e. The summed E-state index contributed by atoms with van der Waals surface area (Å²) in [7, 11) is 0. The molecule has 0 radical (unpaired) electrons. The zero-order chi connectivity index (χ0) is 18.1. The van der Waals surface area contributed by atoms with Crippen molar-refractivity contribution in [1.29, 1.82) is 0 Å². The van der Waals surface area contributed by atoms with Crippen LogP contribution in [-0.2, 0) is 4.74 Å². The third-order valence-corrected chi connectivity index (χ3v) is 6.05. The van der Waals surface area contributed by atoms with Gasteiger partial charge >= 0.3 is 6.09 Å².